The standard InChI is InChI=1S/C34H43ClN6O5/c1-21-18-22(9-11-25(21)32(44)40-15-5-6-16-40)31(43)39-27(30-37-26-12-10-23(35)19-28(26)38-30)13-14-29(42)41-17-7-8-24(41)20-36-33(45)46-34(2,3)4/h9-12,18-19,24,27H,5-8,13-17,20H2,1-4H3,(H,36,45)(H,37,38)(H,39,43)/t24?,27-/m0/s1. The largest absolute Gasteiger partial charge is 0.444 e. The molecule has 11 nitrogen and oxygen atoms in total. The monoisotopic (exact) mass is 650 g/mol. The number of nitrogens with zero attached hydrogens (tertiary/aromatic N) is 3. The lowest BCUT2D eigenvalue weighted by molar-refractivity contribution is -0.132. The number of halogens is 1. The topological polar surface area (TPSA) is 137 Å². The molecule has 0 aliphatic carbocycles. The molecule has 1 unspecified atom stereocenters. The van der Waals surface area contributed by atoms with Gasteiger partial charge in [0.05, 0.1) is 17.1 Å². The number of amides is 4. The molecule has 0 bridgehead atoms. The molecule has 1 aromatic heterocycles. The van der Waals surface area contributed by atoms with E-state index in [1.165, 1.54) is 0 Å². The van der Waals surface area contributed by atoms with Crippen LogP contribution in [0, 0.1) is 6.92 Å². The number of rotatable bonds is 9. The van der Waals surface area contributed by atoms with Gasteiger partial charge in [0.25, 0.3) is 11.8 Å². The van der Waals surface area contributed by atoms with E-state index < -0.39 is 17.7 Å². The third kappa shape index (κ3) is 8.17. The lowest BCUT2D eigenvalue weighted by atomic mass is 10.0. The predicted molar refractivity (Wildman–Crippen MR) is 176 cm³/mol. The Morgan fingerprint density at radius 3 is 2.54 bits per heavy atom. The first-order valence-electron chi connectivity index (χ1n) is 16.0. The van der Waals surface area contributed by atoms with E-state index in [1.54, 1.807) is 62.1 Å². The fourth-order valence-corrected chi connectivity index (χ4v) is 6.30. The van der Waals surface area contributed by atoms with Crippen molar-refractivity contribution in [3.8, 4) is 0 Å². The van der Waals surface area contributed by atoms with Gasteiger partial charge >= 0.3 is 6.09 Å². The van der Waals surface area contributed by atoms with Gasteiger partial charge in [0.2, 0.25) is 5.91 Å². The summed E-state index contributed by atoms with van der Waals surface area (Å²) in [5, 5.41) is 6.41. The summed E-state index contributed by atoms with van der Waals surface area (Å²) in [6.45, 7) is 9.65. The van der Waals surface area contributed by atoms with E-state index in [1.807, 2.05) is 11.8 Å². The summed E-state index contributed by atoms with van der Waals surface area (Å²) in [6.07, 6.45) is 3.58. The molecule has 2 fully saturated rings. The van der Waals surface area contributed by atoms with Crippen molar-refractivity contribution in [2.24, 2.45) is 0 Å². The smallest absolute Gasteiger partial charge is 0.407 e. The first-order valence-corrected chi connectivity index (χ1v) is 16.4. The minimum absolute atomic E-state index is 0.0132. The lowest BCUT2D eigenvalue weighted by Crippen LogP contribution is -2.44. The fourth-order valence-electron chi connectivity index (χ4n) is 6.12. The SMILES string of the molecule is Cc1cc(C(=O)N[C@@H](CCC(=O)N2CCCC2CNC(=O)OC(C)(C)C)c2nc3ccc(Cl)cc3[nH]2)ccc1C(=O)N1CCCC1. The van der Waals surface area contributed by atoms with Crippen LogP contribution in [0.4, 0.5) is 4.79 Å². The van der Waals surface area contributed by atoms with Crippen LogP contribution in [0.3, 0.4) is 0 Å². The number of aromatic nitrogens is 2. The number of H-pyrrole nitrogens is 1. The van der Waals surface area contributed by atoms with Crippen LogP contribution in [0.25, 0.3) is 11.0 Å². The Morgan fingerprint density at radius 2 is 1.83 bits per heavy atom. The summed E-state index contributed by atoms with van der Waals surface area (Å²) in [5.41, 5.74) is 2.55. The molecule has 2 aromatic carbocycles. The first kappa shape index (κ1) is 33.2. The van der Waals surface area contributed by atoms with Gasteiger partial charge < -0.3 is 30.2 Å². The average molecular weight is 651 g/mol. The molecule has 4 amide bonds. The second-order valence-electron chi connectivity index (χ2n) is 13.1. The van der Waals surface area contributed by atoms with E-state index in [2.05, 4.69) is 15.6 Å². The number of carbonyl (C=O) groups is 4. The minimum Gasteiger partial charge on any atom is -0.444 e. The summed E-state index contributed by atoms with van der Waals surface area (Å²) in [5.74, 6) is 0.105. The highest BCUT2D eigenvalue weighted by Crippen LogP contribution is 2.26. The number of benzene rings is 2. The molecule has 3 heterocycles. The molecule has 0 spiro atoms. The number of aryl methyl sites for hydroxylation is 1. The van der Waals surface area contributed by atoms with Crippen LogP contribution < -0.4 is 10.6 Å². The highest BCUT2D eigenvalue weighted by molar-refractivity contribution is 6.31. The van der Waals surface area contributed by atoms with E-state index in [9.17, 15) is 19.2 Å². The van der Waals surface area contributed by atoms with Crippen LogP contribution >= 0.6 is 11.6 Å². The number of aromatic amines is 1. The Labute approximate surface area is 274 Å². The Hall–Kier alpha value is -4.12. The Morgan fingerprint density at radius 1 is 1.07 bits per heavy atom. The molecule has 246 valence electrons. The Bertz CT molecular complexity index is 1610. The number of fused-ring (bicyclic) bond motifs is 1. The average Bonchev–Trinajstić information content (AvgIpc) is 3.77. The zero-order valence-electron chi connectivity index (χ0n) is 27.0. The summed E-state index contributed by atoms with van der Waals surface area (Å²) in [7, 11) is 0. The van der Waals surface area contributed by atoms with Crippen LogP contribution in [0.5, 0.6) is 0 Å². The van der Waals surface area contributed by atoms with Crippen molar-refractivity contribution in [1.82, 2.24) is 30.4 Å². The third-order valence-corrected chi connectivity index (χ3v) is 8.67. The number of ether oxygens (including phenoxy) is 1. The van der Waals surface area contributed by atoms with Gasteiger partial charge in [0.15, 0.2) is 0 Å². The van der Waals surface area contributed by atoms with Gasteiger partial charge in [-0.3, -0.25) is 14.4 Å². The van der Waals surface area contributed by atoms with E-state index in [0.717, 1.165) is 49.9 Å². The number of imidazole rings is 1. The highest BCUT2D eigenvalue weighted by Gasteiger charge is 2.31. The van der Waals surface area contributed by atoms with Gasteiger partial charge in [-0.05, 0) is 102 Å². The van der Waals surface area contributed by atoms with Gasteiger partial charge in [-0.25, -0.2) is 9.78 Å². The van der Waals surface area contributed by atoms with Crippen molar-refractivity contribution in [2.45, 2.75) is 83.9 Å². The number of hydrogen-bond donors (Lipinski definition) is 3. The van der Waals surface area contributed by atoms with E-state index in [0.29, 0.717) is 47.0 Å². The molecule has 0 saturated carbocycles. The van der Waals surface area contributed by atoms with Gasteiger partial charge in [0.1, 0.15) is 11.4 Å². The first-order chi connectivity index (χ1) is 21.9. The van der Waals surface area contributed by atoms with Crippen molar-refractivity contribution in [3.05, 3.63) is 63.9 Å². The molecule has 0 radical (unpaired) electrons. The second kappa shape index (κ2) is 14.1. The highest BCUT2D eigenvalue weighted by atomic mass is 35.5. The number of alkyl carbamates (subject to hydrolysis) is 1. The van der Waals surface area contributed by atoms with E-state index in [-0.39, 0.29) is 30.2 Å². The molecule has 2 aliphatic heterocycles. The summed E-state index contributed by atoms with van der Waals surface area (Å²) in [4.78, 5) is 63.8. The Balaban J connectivity index is 1.28. The molecule has 2 saturated heterocycles. The maximum Gasteiger partial charge on any atom is 0.407 e. The normalized spacial score (nSPS) is 17.3. The van der Waals surface area contributed by atoms with Gasteiger partial charge in [0, 0.05) is 54.8 Å². The number of hydrogen-bond acceptors (Lipinski definition) is 6. The van der Waals surface area contributed by atoms with Crippen LogP contribution in [-0.4, -0.2) is 81.4 Å². The zero-order valence-corrected chi connectivity index (χ0v) is 27.7. The van der Waals surface area contributed by atoms with Crippen LogP contribution in [0.1, 0.15) is 97.4 Å². The van der Waals surface area contributed by atoms with Crippen molar-refractivity contribution in [3.63, 3.8) is 0 Å². The fraction of sp³-hybridized carbons (Fsp3) is 0.500. The zero-order chi connectivity index (χ0) is 33.0. The third-order valence-electron chi connectivity index (χ3n) is 8.44. The molecule has 3 aromatic rings. The molecule has 46 heavy (non-hydrogen) atoms. The molecular formula is C34H43ClN6O5. The molecule has 5 rings (SSSR count). The van der Waals surface area contributed by atoms with Crippen LogP contribution in [0.15, 0.2) is 36.4 Å². The van der Waals surface area contributed by atoms with Crippen molar-refractivity contribution in [2.75, 3.05) is 26.2 Å². The molecule has 3 N–H and O–H groups in total. The summed E-state index contributed by atoms with van der Waals surface area (Å²) < 4.78 is 5.34. The molecule has 12 heteroatoms. The maximum atomic E-state index is 13.6. The van der Waals surface area contributed by atoms with Crippen molar-refractivity contribution < 1.29 is 23.9 Å². The number of nitrogens with one attached hydrogen (secondary N) is 3. The van der Waals surface area contributed by atoms with Gasteiger partial charge in [-0.1, -0.05) is 11.6 Å². The molecule has 2 atom stereocenters. The van der Waals surface area contributed by atoms with Crippen LogP contribution in [-0.2, 0) is 9.53 Å². The number of likely N-dealkylation sites (tertiary alicyclic amines) is 2. The Kier molecular flexibility index (Phi) is 10.2. The van der Waals surface area contributed by atoms with E-state index >= 15 is 0 Å². The van der Waals surface area contributed by atoms with E-state index in [4.69, 9.17) is 21.3 Å². The second-order valence-corrected chi connectivity index (χ2v) is 13.6. The summed E-state index contributed by atoms with van der Waals surface area (Å²) >= 11 is 6.20. The summed E-state index contributed by atoms with van der Waals surface area (Å²) in [6, 6.07) is 9.69. The quantitative estimate of drug-likeness (QED) is 0.279. The van der Waals surface area contributed by atoms with Crippen LogP contribution in [0.2, 0.25) is 5.02 Å². The van der Waals surface area contributed by atoms with Crippen molar-refractivity contribution in [1.29, 1.82) is 0 Å². The maximum absolute atomic E-state index is 13.6. The van der Waals surface area contributed by atoms with Gasteiger partial charge in [-0.15, -0.1) is 0 Å². The molecular weight excluding hydrogens is 608 g/mol. The number of carbonyl (C=O) groups excluding carboxylic acids is 4. The predicted octanol–water partition coefficient (Wildman–Crippen LogP) is 5.53. The van der Waals surface area contributed by atoms with Crippen molar-refractivity contribution >= 4 is 46.4 Å². The molecule has 2 aliphatic rings. The minimum atomic E-state index is -0.609. The lowest BCUT2D eigenvalue weighted by Gasteiger charge is -2.27. The van der Waals surface area contributed by atoms with Gasteiger partial charge in [-0.2, -0.15) is 0 Å².